The predicted molar refractivity (Wildman–Crippen MR) is 86.9 cm³/mol. The first-order valence-corrected chi connectivity index (χ1v) is 7.07. The Morgan fingerprint density at radius 1 is 0.800 bits per heavy atom. The van der Waals surface area contributed by atoms with Gasteiger partial charge in [0.15, 0.2) is 0 Å². The Morgan fingerprint density at radius 3 is 2.15 bits per heavy atom. The van der Waals surface area contributed by atoms with Gasteiger partial charge in [0.25, 0.3) is 0 Å². The van der Waals surface area contributed by atoms with Gasteiger partial charge < -0.3 is 0 Å². The van der Waals surface area contributed by atoms with Crippen LogP contribution in [-0.4, -0.2) is 0 Å². The Bertz CT molecular complexity index is 731. The van der Waals surface area contributed by atoms with Crippen molar-refractivity contribution in [1.82, 2.24) is 0 Å². The molecule has 0 aliphatic rings. The Balaban J connectivity index is 2.33. The summed E-state index contributed by atoms with van der Waals surface area (Å²) in [6.07, 6.45) is 0. The minimum absolute atomic E-state index is 0.103. The molecule has 0 spiro atoms. The molecule has 0 nitrogen and oxygen atoms in total. The van der Waals surface area contributed by atoms with Crippen molar-refractivity contribution in [3.05, 3.63) is 72.3 Å². The van der Waals surface area contributed by atoms with E-state index in [9.17, 15) is 0 Å². The fourth-order valence-electron chi connectivity index (χ4n) is 2.59. The Labute approximate surface area is 121 Å². The highest BCUT2D eigenvalue weighted by Crippen LogP contribution is 2.35. The van der Waals surface area contributed by atoms with Gasteiger partial charge in [-0.3, -0.25) is 0 Å². The number of fused-ring (bicyclic) bond motifs is 1. The molecule has 0 N–H and O–H groups in total. The van der Waals surface area contributed by atoms with Crippen molar-refractivity contribution in [3.63, 3.8) is 0 Å². The van der Waals surface area contributed by atoms with Crippen LogP contribution in [0.15, 0.2) is 60.7 Å². The van der Waals surface area contributed by atoms with Crippen LogP contribution in [0.5, 0.6) is 0 Å². The van der Waals surface area contributed by atoms with E-state index in [1.807, 2.05) is 0 Å². The van der Waals surface area contributed by atoms with Crippen molar-refractivity contribution in [3.8, 4) is 11.1 Å². The van der Waals surface area contributed by atoms with E-state index in [0.717, 1.165) is 0 Å². The molecule has 0 unspecified atom stereocenters. The molecule has 0 fully saturated rings. The summed E-state index contributed by atoms with van der Waals surface area (Å²) in [6.45, 7) is 6.78. The molecule has 0 aliphatic heterocycles. The first-order chi connectivity index (χ1) is 9.55. The van der Waals surface area contributed by atoms with Crippen LogP contribution in [0.1, 0.15) is 26.3 Å². The standard InChI is InChI=1S/C20H19/c1-20(2,3)19-14-17-12-8-7-11-16(17)13-18(19)15-9-5-4-6-10-15/h4-12,14H,1-3H3. The number of rotatable bonds is 1. The van der Waals surface area contributed by atoms with E-state index < -0.39 is 0 Å². The molecule has 0 heterocycles. The van der Waals surface area contributed by atoms with Crippen molar-refractivity contribution < 1.29 is 0 Å². The first kappa shape index (κ1) is 12.9. The second-order valence-corrected chi connectivity index (χ2v) is 6.26. The molecular formula is C20H19. The van der Waals surface area contributed by atoms with Crippen LogP contribution in [0.3, 0.4) is 0 Å². The SMILES string of the molecule is CC(C)(C)c1cc2ccccc2[c]c1-c1ccccc1. The lowest BCUT2D eigenvalue weighted by atomic mass is 9.80. The van der Waals surface area contributed by atoms with Crippen molar-refractivity contribution in [1.29, 1.82) is 0 Å². The lowest BCUT2D eigenvalue weighted by molar-refractivity contribution is 0.592. The smallest absolute Gasteiger partial charge is 0.00112 e. The van der Waals surface area contributed by atoms with E-state index in [1.165, 1.54) is 27.5 Å². The zero-order valence-electron chi connectivity index (χ0n) is 12.3. The Morgan fingerprint density at radius 2 is 1.45 bits per heavy atom. The first-order valence-electron chi connectivity index (χ1n) is 7.07. The average Bonchev–Trinajstić information content (AvgIpc) is 2.46. The van der Waals surface area contributed by atoms with E-state index in [4.69, 9.17) is 0 Å². The highest BCUT2D eigenvalue weighted by Gasteiger charge is 2.19. The summed E-state index contributed by atoms with van der Waals surface area (Å²) >= 11 is 0. The van der Waals surface area contributed by atoms with Crippen LogP contribution >= 0.6 is 0 Å². The van der Waals surface area contributed by atoms with Crippen molar-refractivity contribution in [2.24, 2.45) is 0 Å². The monoisotopic (exact) mass is 259 g/mol. The lowest BCUT2D eigenvalue weighted by Gasteiger charge is -2.24. The summed E-state index contributed by atoms with van der Waals surface area (Å²) in [5, 5.41) is 2.44. The molecule has 99 valence electrons. The highest BCUT2D eigenvalue weighted by atomic mass is 14.2. The minimum Gasteiger partial charge on any atom is -0.0622 e. The number of benzene rings is 3. The Hall–Kier alpha value is -2.08. The largest absolute Gasteiger partial charge is 0.0622 e. The molecule has 0 aromatic heterocycles. The third kappa shape index (κ3) is 2.34. The highest BCUT2D eigenvalue weighted by molar-refractivity contribution is 5.88. The summed E-state index contributed by atoms with van der Waals surface area (Å²) < 4.78 is 0. The molecule has 0 saturated heterocycles. The van der Waals surface area contributed by atoms with Gasteiger partial charge in [0.1, 0.15) is 0 Å². The minimum atomic E-state index is 0.103. The van der Waals surface area contributed by atoms with Gasteiger partial charge in [-0.25, -0.2) is 0 Å². The topological polar surface area (TPSA) is 0 Å². The molecule has 20 heavy (non-hydrogen) atoms. The molecule has 0 bridgehead atoms. The summed E-state index contributed by atoms with van der Waals surface area (Å²) in [5.74, 6) is 0. The van der Waals surface area contributed by atoms with Gasteiger partial charge in [-0.1, -0.05) is 75.4 Å². The van der Waals surface area contributed by atoms with Crippen LogP contribution in [0, 0.1) is 6.07 Å². The van der Waals surface area contributed by atoms with Crippen LogP contribution in [0.25, 0.3) is 21.9 Å². The fourth-order valence-corrected chi connectivity index (χ4v) is 2.59. The van der Waals surface area contributed by atoms with Gasteiger partial charge in [0.2, 0.25) is 0 Å². The second kappa shape index (κ2) is 4.79. The normalized spacial score (nSPS) is 11.8. The maximum Gasteiger partial charge on any atom is -0.00112 e. The predicted octanol–water partition coefficient (Wildman–Crippen LogP) is 5.60. The maximum absolute atomic E-state index is 3.62. The van der Waals surface area contributed by atoms with Crippen molar-refractivity contribution in [2.45, 2.75) is 26.2 Å². The quantitative estimate of drug-likeness (QED) is 0.533. The molecule has 3 rings (SSSR count). The molecule has 0 heteroatoms. The van der Waals surface area contributed by atoms with Gasteiger partial charge in [0.05, 0.1) is 0 Å². The van der Waals surface area contributed by atoms with E-state index >= 15 is 0 Å². The van der Waals surface area contributed by atoms with Gasteiger partial charge in [-0.05, 0) is 45.0 Å². The lowest BCUT2D eigenvalue weighted by Crippen LogP contribution is -2.12. The average molecular weight is 259 g/mol. The Kier molecular flexibility index (Phi) is 3.10. The van der Waals surface area contributed by atoms with E-state index in [0.29, 0.717) is 0 Å². The maximum atomic E-state index is 3.62. The van der Waals surface area contributed by atoms with Crippen molar-refractivity contribution >= 4 is 10.8 Å². The molecule has 0 atom stereocenters. The van der Waals surface area contributed by atoms with Gasteiger partial charge in [0, 0.05) is 0 Å². The summed E-state index contributed by atoms with van der Waals surface area (Å²) in [4.78, 5) is 0. The summed E-state index contributed by atoms with van der Waals surface area (Å²) in [7, 11) is 0. The molecular weight excluding hydrogens is 240 g/mol. The van der Waals surface area contributed by atoms with Gasteiger partial charge in [-0.15, -0.1) is 0 Å². The summed E-state index contributed by atoms with van der Waals surface area (Å²) in [5.41, 5.74) is 3.91. The zero-order chi connectivity index (χ0) is 14.2. The van der Waals surface area contributed by atoms with Gasteiger partial charge >= 0.3 is 0 Å². The van der Waals surface area contributed by atoms with E-state index in [2.05, 4.69) is 87.5 Å². The van der Waals surface area contributed by atoms with Crippen LogP contribution in [0.2, 0.25) is 0 Å². The molecule has 1 radical (unpaired) electrons. The molecule has 0 saturated carbocycles. The zero-order valence-corrected chi connectivity index (χ0v) is 12.3. The molecule has 0 amide bonds. The van der Waals surface area contributed by atoms with Crippen LogP contribution in [-0.2, 0) is 5.41 Å². The van der Waals surface area contributed by atoms with Crippen LogP contribution < -0.4 is 0 Å². The number of hydrogen-bond acceptors (Lipinski definition) is 0. The van der Waals surface area contributed by atoms with Crippen LogP contribution in [0.4, 0.5) is 0 Å². The molecule has 3 aromatic carbocycles. The molecule has 3 aromatic rings. The summed E-state index contributed by atoms with van der Waals surface area (Å²) in [6, 6.07) is 24.9. The second-order valence-electron chi connectivity index (χ2n) is 6.26. The van der Waals surface area contributed by atoms with Crippen molar-refractivity contribution in [2.75, 3.05) is 0 Å². The number of hydrogen-bond donors (Lipinski definition) is 0. The van der Waals surface area contributed by atoms with E-state index in [-0.39, 0.29) is 5.41 Å². The third-order valence-electron chi connectivity index (χ3n) is 3.66. The molecule has 0 aliphatic carbocycles. The van der Waals surface area contributed by atoms with Gasteiger partial charge in [-0.2, -0.15) is 0 Å². The fraction of sp³-hybridized carbons (Fsp3) is 0.200. The van der Waals surface area contributed by atoms with E-state index in [1.54, 1.807) is 0 Å². The third-order valence-corrected chi connectivity index (χ3v) is 3.66.